The molecule has 0 aliphatic carbocycles. The molecular formula is C23H22F2N4O. The maximum atomic E-state index is 14.0. The van der Waals surface area contributed by atoms with Gasteiger partial charge in [-0.1, -0.05) is 6.07 Å². The molecule has 1 saturated heterocycles. The van der Waals surface area contributed by atoms with E-state index in [9.17, 15) is 13.9 Å². The third kappa shape index (κ3) is 3.35. The first-order valence-corrected chi connectivity index (χ1v) is 10.0. The van der Waals surface area contributed by atoms with Gasteiger partial charge in [-0.3, -0.25) is 0 Å². The molecule has 154 valence electrons. The van der Waals surface area contributed by atoms with Gasteiger partial charge in [0, 0.05) is 49.3 Å². The van der Waals surface area contributed by atoms with Crippen LogP contribution in [0.4, 0.5) is 14.5 Å². The Morgan fingerprint density at radius 1 is 0.933 bits per heavy atom. The fourth-order valence-corrected chi connectivity index (χ4v) is 4.13. The van der Waals surface area contributed by atoms with Gasteiger partial charge < -0.3 is 19.3 Å². The first kappa shape index (κ1) is 18.8. The summed E-state index contributed by atoms with van der Waals surface area (Å²) in [6.07, 6.45) is 3.80. The molecule has 30 heavy (non-hydrogen) atoms. The average molecular weight is 408 g/mol. The van der Waals surface area contributed by atoms with Crippen molar-refractivity contribution in [2.75, 3.05) is 38.1 Å². The lowest BCUT2D eigenvalue weighted by molar-refractivity contribution is 0.360. The topological polar surface area (TPSA) is 44.0 Å². The van der Waals surface area contributed by atoms with E-state index in [4.69, 9.17) is 0 Å². The smallest absolute Gasteiger partial charge is 0.173 e. The quantitative estimate of drug-likeness (QED) is 0.538. The summed E-state index contributed by atoms with van der Waals surface area (Å²) in [5.41, 5.74) is 2.02. The first-order valence-electron chi connectivity index (χ1n) is 10.0. The molecular weight excluding hydrogens is 386 g/mol. The zero-order valence-corrected chi connectivity index (χ0v) is 16.6. The lowest BCUT2D eigenvalue weighted by Crippen LogP contribution is -2.28. The van der Waals surface area contributed by atoms with Crippen LogP contribution in [0.25, 0.3) is 27.7 Å². The predicted molar refractivity (Wildman–Crippen MR) is 114 cm³/mol. The van der Waals surface area contributed by atoms with Crippen molar-refractivity contribution in [1.29, 1.82) is 0 Å². The Morgan fingerprint density at radius 3 is 2.67 bits per heavy atom. The molecule has 0 saturated carbocycles. The third-order valence-corrected chi connectivity index (χ3v) is 5.77. The Balaban J connectivity index is 1.54. The minimum absolute atomic E-state index is 0.0207. The van der Waals surface area contributed by atoms with Gasteiger partial charge in [-0.25, -0.2) is 13.8 Å². The van der Waals surface area contributed by atoms with E-state index in [1.54, 1.807) is 6.07 Å². The molecule has 5 nitrogen and oxygen atoms in total. The van der Waals surface area contributed by atoms with Gasteiger partial charge >= 0.3 is 0 Å². The Labute approximate surface area is 172 Å². The molecule has 1 aliphatic rings. The van der Waals surface area contributed by atoms with Gasteiger partial charge in [-0.05, 0) is 55.1 Å². The van der Waals surface area contributed by atoms with Gasteiger partial charge in [-0.2, -0.15) is 0 Å². The molecule has 5 rings (SSSR count). The highest BCUT2D eigenvalue weighted by atomic mass is 19.1. The third-order valence-electron chi connectivity index (χ3n) is 5.77. The molecule has 7 heteroatoms. The van der Waals surface area contributed by atoms with Crippen molar-refractivity contribution in [3.05, 3.63) is 60.4 Å². The molecule has 3 heterocycles. The summed E-state index contributed by atoms with van der Waals surface area (Å²) in [5.74, 6) is -1.37. The maximum Gasteiger partial charge on any atom is 0.173 e. The van der Waals surface area contributed by atoms with Crippen LogP contribution in [-0.4, -0.2) is 52.6 Å². The largest absolute Gasteiger partial charge is 0.507 e. The van der Waals surface area contributed by atoms with Crippen molar-refractivity contribution < 1.29 is 13.9 Å². The van der Waals surface area contributed by atoms with Crippen LogP contribution < -0.4 is 4.90 Å². The minimum atomic E-state index is -0.741. The Bertz CT molecular complexity index is 1250. The van der Waals surface area contributed by atoms with E-state index in [0.717, 1.165) is 61.3 Å². The second-order valence-corrected chi connectivity index (χ2v) is 7.91. The van der Waals surface area contributed by atoms with E-state index in [1.807, 2.05) is 12.1 Å². The number of phenols is 1. The van der Waals surface area contributed by atoms with E-state index in [1.165, 1.54) is 10.6 Å². The number of benzene rings is 2. The molecule has 1 N–H and O–H groups in total. The molecule has 0 amide bonds. The van der Waals surface area contributed by atoms with Crippen LogP contribution >= 0.6 is 0 Å². The Morgan fingerprint density at radius 2 is 1.80 bits per heavy atom. The SMILES string of the molecule is CN1CCCN(c2ccc3cc(-c4cn5cc(F)cc(F)c5n4)c(O)cc3c2)CC1. The van der Waals surface area contributed by atoms with Gasteiger partial charge in [0.1, 0.15) is 11.6 Å². The summed E-state index contributed by atoms with van der Waals surface area (Å²) in [6.45, 7) is 4.09. The number of anilines is 1. The average Bonchev–Trinajstić information content (AvgIpc) is 3.01. The highest BCUT2D eigenvalue weighted by Gasteiger charge is 2.16. The molecule has 0 unspecified atom stereocenters. The number of halogens is 2. The molecule has 0 spiro atoms. The summed E-state index contributed by atoms with van der Waals surface area (Å²) in [7, 11) is 2.14. The molecule has 0 radical (unpaired) electrons. The monoisotopic (exact) mass is 408 g/mol. The number of aromatic nitrogens is 2. The maximum absolute atomic E-state index is 14.0. The fourth-order valence-electron chi connectivity index (χ4n) is 4.13. The van der Waals surface area contributed by atoms with Crippen LogP contribution in [0.15, 0.2) is 48.8 Å². The highest BCUT2D eigenvalue weighted by molar-refractivity contribution is 5.92. The molecule has 2 aromatic carbocycles. The standard InChI is InChI=1S/C23H22F2N4O/c1-27-5-2-6-28(8-7-27)18-4-3-15-10-19(22(30)11-16(15)9-18)21-14-29-13-17(24)12-20(25)23(29)26-21/h3-4,9-14,30H,2,5-8H2,1H3. The van der Waals surface area contributed by atoms with Gasteiger partial charge in [0.05, 0.1) is 5.69 Å². The van der Waals surface area contributed by atoms with Crippen molar-refractivity contribution >= 4 is 22.1 Å². The summed E-state index contributed by atoms with van der Waals surface area (Å²) >= 11 is 0. The van der Waals surface area contributed by atoms with E-state index in [-0.39, 0.29) is 11.4 Å². The molecule has 4 aromatic rings. The van der Waals surface area contributed by atoms with E-state index in [0.29, 0.717) is 11.3 Å². The molecule has 2 aromatic heterocycles. The second-order valence-electron chi connectivity index (χ2n) is 7.91. The van der Waals surface area contributed by atoms with Crippen LogP contribution in [0.2, 0.25) is 0 Å². The lowest BCUT2D eigenvalue weighted by Gasteiger charge is -2.23. The van der Waals surface area contributed by atoms with Gasteiger partial charge in [0.15, 0.2) is 11.5 Å². The van der Waals surface area contributed by atoms with Crippen molar-refractivity contribution in [3.63, 3.8) is 0 Å². The Kier molecular flexibility index (Phi) is 4.55. The van der Waals surface area contributed by atoms with Crippen LogP contribution in [0.1, 0.15) is 6.42 Å². The van der Waals surface area contributed by atoms with Crippen LogP contribution in [0.3, 0.4) is 0 Å². The van der Waals surface area contributed by atoms with E-state index >= 15 is 0 Å². The first-order chi connectivity index (χ1) is 14.5. The summed E-state index contributed by atoms with van der Waals surface area (Å²) in [4.78, 5) is 8.95. The zero-order chi connectivity index (χ0) is 20.8. The normalized spacial score (nSPS) is 15.8. The van der Waals surface area contributed by atoms with Gasteiger partial charge in [0.25, 0.3) is 0 Å². The number of fused-ring (bicyclic) bond motifs is 2. The number of hydrogen-bond donors (Lipinski definition) is 1. The molecule has 1 aliphatic heterocycles. The minimum Gasteiger partial charge on any atom is -0.507 e. The van der Waals surface area contributed by atoms with Gasteiger partial charge in [0.2, 0.25) is 0 Å². The van der Waals surface area contributed by atoms with E-state index < -0.39 is 11.6 Å². The summed E-state index contributed by atoms with van der Waals surface area (Å²) < 4.78 is 28.8. The number of pyridine rings is 1. The van der Waals surface area contributed by atoms with Crippen molar-refractivity contribution in [2.24, 2.45) is 0 Å². The number of imidazole rings is 1. The number of phenolic OH excluding ortho intramolecular Hbond substituents is 1. The lowest BCUT2D eigenvalue weighted by atomic mass is 10.0. The summed E-state index contributed by atoms with van der Waals surface area (Å²) in [6, 6.07) is 10.5. The molecule has 0 atom stereocenters. The number of likely N-dealkylation sites (N-methyl/N-ethyl adjacent to an activating group) is 1. The summed E-state index contributed by atoms with van der Waals surface area (Å²) in [5, 5.41) is 12.5. The van der Waals surface area contributed by atoms with Crippen molar-refractivity contribution in [1.82, 2.24) is 14.3 Å². The van der Waals surface area contributed by atoms with Crippen molar-refractivity contribution in [3.8, 4) is 17.0 Å². The zero-order valence-electron chi connectivity index (χ0n) is 16.6. The van der Waals surface area contributed by atoms with E-state index in [2.05, 4.69) is 34.0 Å². The Hall–Kier alpha value is -3.19. The van der Waals surface area contributed by atoms with Crippen LogP contribution in [-0.2, 0) is 0 Å². The van der Waals surface area contributed by atoms with Crippen LogP contribution in [0.5, 0.6) is 5.75 Å². The number of hydrogen-bond acceptors (Lipinski definition) is 4. The fraction of sp³-hybridized carbons (Fsp3) is 0.261. The molecule has 0 bridgehead atoms. The molecule has 1 fully saturated rings. The van der Waals surface area contributed by atoms with Crippen LogP contribution in [0, 0.1) is 11.6 Å². The number of nitrogens with zero attached hydrogens (tertiary/aromatic N) is 4. The number of aromatic hydroxyl groups is 1. The second kappa shape index (κ2) is 7.25. The van der Waals surface area contributed by atoms with Crippen molar-refractivity contribution in [2.45, 2.75) is 6.42 Å². The number of rotatable bonds is 2. The highest BCUT2D eigenvalue weighted by Crippen LogP contribution is 2.35. The predicted octanol–water partition coefficient (Wildman–Crippen LogP) is 4.28. The van der Waals surface area contributed by atoms with Gasteiger partial charge in [-0.15, -0.1) is 0 Å².